The monoisotopic (exact) mass is 392 g/mol. The predicted octanol–water partition coefficient (Wildman–Crippen LogP) is 4.89. The highest BCUT2D eigenvalue weighted by Gasteiger charge is 2.23. The summed E-state index contributed by atoms with van der Waals surface area (Å²) in [5.74, 6) is 0.486. The molecule has 0 bridgehead atoms. The van der Waals surface area contributed by atoms with Crippen molar-refractivity contribution >= 4 is 5.91 Å². The average molecular weight is 392 g/mol. The standard InChI is InChI=1S/C24H25FN2O2/c25-22-8-4-7-20(16-22)24-21(17-29-26-24)9-10-23(28)27-13-11-19(12-14-27)15-18-5-2-1-3-6-18/h1-8,16-17,19H,9-15H2. The Morgan fingerprint density at radius 1 is 1.10 bits per heavy atom. The van der Waals surface area contributed by atoms with E-state index in [-0.39, 0.29) is 11.7 Å². The van der Waals surface area contributed by atoms with Gasteiger partial charge in [0, 0.05) is 30.6 Å². The van der Waals surface area contributed by atoms with Gasteiger partial charge >= 0.3 is 0 Å². The lowest BCUT2D eigenvalue weighted by Gasteiger charge is -2.32. The SMILES string of the molecule is O=C(CCc1conc1-c1cccc(F)c1)N1CCC(Cc2ccccc2)CC1. The lowest BCUT2D eigenvalue weighted by Crippen LogP contribution is -2.39. The Bertz CT molecular complexity index is 946. The van der Waals surface area contributed by atoms with Crippen molar-refractivity contribution in [2.45, 2.75) is 32.1 Å². The normalized spacial score (nSPS) is 14.9. The van der Waals surface area contributed by atoms with Gasteiger partial charge < -0.3 is 9.42 Å². The molecule has 1 aliphatic rings. The van der Waals surface area contributed by atoms with E-state index in [0.717, 1.165) is 37.9 Å². The van der Waals surface area contributed by atoms with Crippen LogP contribution in [0.2, 0.25) is 0 Å². The first-order chi connectivity index (χ1) is 14.2. The zero-order valence-electron chi connectivity index (χ0n) is 16.4. The highest BCUT2D eigenvalue weighted by atomic mass is 19.1. The Morgan fingerprint density at radius 2 is 1.90 bits per heavy atom. The third kappa shape index (κ3) is 4.91. The molecule has 1 fully saturated rings. The summed E-state index contributed by atoms with van der Waals surface area (Å²) in [5, 5.41) is 4.00. The van der Waals surface area contributed by atoms with Crippen LogP contribution in [0.3, 0.4) is 0 Å². The highest BCUT2D eigenvalue weighted by molar-refractivity contribution is 5.77. The summed E-state index contributed by atoms with van der Waals surface area (Å²) in [5.41, 5.74) is 3.49. The summed E-state index contributed by atoms with van der Waals surface area (Å²) in [6, 6.07) is 16.8. The van der Waals surface area contributed by atoms with Crippen LogP contribution in [0.5, 0.6) is 0 Å². The quantitative estimate of drug-likeness (QED) is 0.600. The minimum atomic E-state index is -0.314. The molecule has 1 amide bonds. The molecule has 5 heteroatoms. The molecular weight excluding hydrogens is 367 g/mol. The van der Waals surface area contributed by atoms with Crippen LogP contribution in [-0.2, 0) is 17.6 Å². The summed E-state index contributed by atoms with van der Waals surface area (Å²) in [6.07, 6.45) is 5.68. The summed E-state index contributed by atoms with van der Waals surface area (Å²) >= 11 is 0. The van der Waals surface area contributed by atoms with Crippen LogP contribution in [0, 0.1) is 11.7 Å². The second kappa shape index (κ2) is 9.03. The van der Waals surface area contributed by atoms with Gasteiger partial charge in [0.15, 0.2) is 0 Å². The maximum atomic E-state index is 13.5. The number of likely N-dealkylation sites (tertiary alicyclic amines) is 1. The Morgan fingerprint density at radius 3 is 2.66 bits per heavy atom. The third-order valence-electron chi connectivity index (χ3n) is 5.68. The number of carbonyl (C=O) groups is 1. The molecule has 1 aliphatic heterocycles. The van der Waals surface area contributed by atoms with Crippen LogP contribution in [-0.4, -0.2) is 29.1 Å². The molecule has 0 N–H and O–H groups in total. The number of piperidine rings is 1. The fourth-order valence-electron chi connectivity index (χ4n) is 4.04. The number of halogens is 1. The minimum Gasteiger partial charge on any atom is -0.364 e. The van der Waals surface area contributed by atoms with E-state index in [2.05, 4.69) is 29.4 Å². The highest BCUT2D eigenvalue weighted by Crippen LogP contribution is 2.25. The second-order valence-corrected chi connectivity index (χ2v) is 7.71. The molecule has 0 saturated carbocycles. The lowest BCUT2D eigenvalue weighted by molar-refractivity contribution is -0.132. The van der Waals surface area contributed by atoms with Crippen LogP contribution in [0.4, 0.5) is 4.39 Å². The molecule has 0 aliphatic carbocycles. The van der Waals surface area contributed by atoms with Crippen LogP contribution >= 0.6 is 0 Å². The summed E-state index contributed by atoms with van der Waals surface area (Å²) < 4.78 is 18.6. The molecule has 150 valence electrons. The number of hydrogen-bond donors (Lipinski definition) is 0. The fraction of sp³-hybridized carbons (Fsp3) is 0.333. The van der Waals surface area contributed by atoms with Gasteiger partial charge in [-0.15, -0.1) is 0 Å². The molecule has 1 saturated heterocycles. The second-order valence-electron chi connectivity index (χ2n) is 7.71. The van der Waals surface area contributed by atoms with Crippen LogP contribution < -0.4 is 0 Å². The predicted molar refractivity (Wildman–Crippen MR) is 110 cm³/mol. The van der Waals surface area contributed by atoms with Gasteiger partial charge in [-0.05, 0) is 49.3 Å². The molecule has 0 atom stereocenters. The van der Waals surface area contributed by atoms with Crippen molar-refractivity contribution in [2.24, 2.45) is 5.92 Å². The van der Waals surface area contributed by atoms with Gasteiger partial charge in [0.1, 0.15) is 17.8 Å². The van der Waals surface area contributed by atoms with E-state index in [1.807, 2.05) is 11.0 Å². The Kier molecular flexibility index (Phi) is 6.03. The van der Waals surface area contributed by atoms with Crippen LogP contribution in [0.25, 0.3) is 11.3 Å². The maximum Gasteiger partial charge on any atom is 0.222 e. The molecule has 29 heavy (non-hydrogen) atoms. The van der Waals surface area contributed by atoms with Crippen LogP contribution in [0.15, 0.2) is 65.4 Å². The van der Waals surface area contributed by atoms with E-state index < -0.39 is 0 Å². The van der Waals surface area contributed by atoms with Gasteiger partial charge in [0.25, 0.3) is 0 Å². The summed E-state index contributed by atoms with van der Waals surface area (Å²) in [7, 11) is 0. The molecule has 2 heterocycles. The van der Waals surface area contributed by atoms with Crippen LogP contribution in [0.1, 0.15) is 30.4 Å². The Balaban J connectivity index is 1.29. The third-order valence-corrected chi connectivity index (χ3v) is 5.68. The average Bonchev–Trinajstić information content (AvgIpc) is 3.22. The molecular formula is C24H25FN2O2. The molecule has 0 unspecified atom stereocenters. The van der Waals surface area contributed by atoms with Gasteiger partial charge in [-0.25, -0.2) is 4.39 Å². The van der Waals surface area contributed by atoms with E-state index in [9.17, 15) is 9.18 Å². The number of carbonyl (C=O) groups excluding carboxylic acids is 1. The van der Waals surface area contributed by atoms with Crippen molar-refractivity contribution in [1.29, 1.82) is 0 Å². The fourth-order valence-corrected chi connectivity index (χ4v) is 4.04. The molecule has 4 rings (SSSR count). The van der Waals surface area contributed by atoms with Crippen molar-refractivity contribution in [1.82, 2.24) is 10.1 Å². The van der Waals surface area contributed by atoms with E-state index in [0.29, 0.717) is 30.0 Å². The molecule has 3 aromatic rings. The largest absolute Gasteiger partial charge is 0.364 e. The topological polar surface area (TPSA) is 46.3 Å². The molecule has 4 nitrogen and oxygen atoms in total. The molecule has 1 aromatic heterocycles. The van der Waals surface area contributed by atoms with Crippen molar-refractivity contribution in [3.63, 3.8) is 0 Å². The summed E-state index contributed by atoms with van der Waals surface area (Å²) in [6.45, 7) is 1.63. The van der Waals surface area contributed by atoms with Crippen molar-refractivity contribution < 1.29 is 13.7 Å². The molecule has 2 aromatic carbocycles. The van der Waals surface area contributed by atoms with Crippen molar-refractivity contribution in [3.05, 3.63) is 77.8 Å². The van der Waals surface area contributed by atoms with E-state index in [4.69, 9.17) is 4.52 Å². The number of hydrogen-bond acceptors (Lipinski definition) is 3. The van der Waals surface area contributed by atoms with Gasteiger partial charge in [-0.1, -0.05) is 47.6 Å². The zero-order chi connectivity index (χ0) is 20.1. The van der Waals surface area contributed by atoms with E-state index >= 15 is 0 Å². The van der Waals surface area contributed by atoms with Crippen molar-refractivity contribution in [2.75, 3.05) is 13.1 Å². The number of aromatic nitrogens is 1. The first-order valence-corrected chi connectivity index (χ1v) is 10.2. The molecule has 0 spiro atoms. The van der Waals surface area contributed by atoms with E-state index in [1.54, 1.807) is 18.4 Å². The first-order valence-electron chi connectivity index (χ1n) is 10.2. The van der Waals surface area contributed by atoms with Gasteiger partial charge in [0.05, 0.1) is 0 Å². The van der Waals surface area contributed by atoms with Gasteiger partial charge in [-0.2, -0.15) is 0 Å². The smallest absolute Gasteiger partial charge is 0.222 e. The lowest BCUT2D eigenvalue weighted by atomic mass is 9.90. The molecule has 0 radical (unpaired) electrons. The number of nitrogens with zero attached hydrogens (tertiary/aromatic N) is 2. The zero-order valence-corrected chi connectivity index (χ0v) is 16.4. The van der Waals surface area contributed by atoms with Gasteiger partial charge in [0.2, 0.25) is 5.91 Å². The number of benzene rings is 2. The Hall–Kier alpha value is -2.95. The maximum absolute atomic E-state index is 13.5. The van der Waals surface area contributed by atoms with E-state index in [1.165, 1.54) is 17.7 Å². The van der Waals surface area contributed by atoms with Gasteiger partial charge in [-0.3, -0.25) is 4.79 Å². The van der Waals surface area contributed by atoms with Crippen molar-refractivity contribution in [3.8, 4) is 11.3 Å². The minimum absolute atomic E-state index is 0.162. The number of aryl methyl sites for hydroxylation is 1. The summed E-state index contributed by atoms with van der Waals surface area (Å²) in [4.78, 5) is 14.6. The number of amides is 1. The Labute approximate surface area is 170 Å². The first kappa shape index (κ1) is 19.4. The number of rotatable bonds is 6.